The minimum absolute atomic E-state index is 0. The van der Waals surface area contributed by atoms with Crippen molar-refractivity contribution in [2.45, 2.75) is 19.3 Å². The zero-order valence-corrected chi connectivity index (χ0v) is 10.7. The van der Waals surface area contributed by atoms with Crippen LogP contribution in [0.15, 0.2) is 24.3 Å². The molecule has 1 aliphatic heterocycles. The molecule has 0 saturated carbocycles. The molecule has 0 aromatic heterocycles. The molecule has 0 spiro atoms. The molecule has 0 unspecified atom stereocenters. The van der Waals surface area contributed by atoms with Gasteiger partial charge in [0.15, 0.2) is 0 Å². The fraction of sp³-hybridized carbons (Fsp3) is 0.455. The molecule has 1 aromatic rings. The molecule has 0 fully saturated rings. The molecule has 13 heavy (non-hydrogen) atoms. The first-order chi connectivity index (χ1) is 5.61. The highest BCUT2D eigenvalue weighted by Crippen LogP contribution is 2.38. The fourth-order valence-corrected chi connectivity index (χ4v) is 2.14. The summed E-state index contributed by atoms with van der Waals surface area (Å²) in [4.78, 5) is 2.33. The van der Waals surface area contributed by atoms with Crippen LogP contribution in [0.4, 0.5) is 5.69 Å². The minimum Gasteiger partial charge on any atom is -0.373 e. The Labute approximate surface area is 97.2 Å². The van der Waals surface area contributed by atoms with Crippen molar-refractivity contribution < 1.29 is 0 Å². The number of likely N-dealkylation sites (N-methyl/N-ethyl adjacent to an activating group) is 1. The molecule has 1 aliphatic rings. The number of benzene rings is 1. The SMILES string of the molecule is CN1CC(C)(C)c2ccccc21.I. The maximum absolute atomic E-state index is 2.33. The van der Waals surface area contributed by atoms with Crippen LogP contribution in [-0.4, -0.2) is 13.6 Å². The summed E-state index contributed by atoms with van der Waals surface area (Å²) in [6.45, 7) is 5.73. The number of hydrogen-bond acceptors (Lipinski definition) is 1. The van der Waals surface area contributed by atoms with Crippen molar-refractivity contribution >= 4 is 29.7 Å². The third kappa shape index (κ3) is 1.68. The van der Waals surface area contributed by atoms with Gasteiger partial charge in [-0.3, -0.25) is 0 Å². The van der Waals surface area contributed by atoms with E-state index in [1.54, 1.807) is 0 Å². The summed E-state index contributed by atoms with van der Waals surface area (Å²) in [6.07, 6.45) is 0. The van der Waals surface area contributed by atoms with Crippen LogP contribution >= 0.6 is 24.0 Å². The van der Waals surface area contributed by atoms with Gasteiger partial charge in [-0.2, -0.15) is 0 Å². The van der Waals surface area contributed by atoms with Crippen molar-refractivity contribution in [3.8, 4) is 0 Å². The fourth-order valence-electron chi connectivity index (χ4n) is 2.14. The van der Waals surface area contributed by atoms with Gasteiger partial charge >= 0.3 is 0 Å². The van der Waals surface area contributed by atoms with Crippen molar-refractivity contribution in [3.63, 3.8) is 0 Å². The predicted molar refractivity (Wildman–Crippen MR) is 68.2 cm³/mol. The molecular weight excluding hydrogens is 273 g/mol. The highest BCUT2D eigenvalue weighted by Gasteiger charge is 2.32. The Bertz CT molecular complexity index is 307. The van der Waals surface area contributed by atoms with E-state index in [9.17, 15) is 0 Å². The summed E-state index contributed by atoms with van der Waals surface area (Å²) in [5, 5.41) is 0. The van der Waals surface area contributed by atoms with Gasteiger partial charge in [-0.05, 0) is 11.6 Å². The van der Waals surface area contributed by atoms with Crippen LogP contribution in [0, 0.1) is 0 Å². The molecule has 1 nitrogen and oxygen atoms in total. The molecule has 2 rings (SSSR count). The number of anilines is 1. The third-order valence-electron chi connectivity index (χ3n) is 2.68. The van der Waals surface area contributed by atoms with E-state index < -0.39 is 0 Å². The van der Waals surface area contributed by atoms with Crippen molar-refractivity contribution in [1.29, 1.82) is 0 Å². The molecule has 0 bridgehead atoms. The van der Waals surface area contributed by atoms with Crippen molar-refractivity contribution in [3.05, 3.63) is 29.8 Å². The molecule has 1 heterocycles. The van der Waals surface area contributed by atoms with Gasteiger partial charge < -0.3 is 4.90 Å². The first kappa shape index (κ1) is 10.8. The Balaban J connectivity index is 0.000000845. The van der Waals surface area contributed by atoms with Gasteiger partial charge in [0, 0.05) is 24.7 Å². The monoisotopic (exact) mass is 289 g/mol. The average molecular weight is 289 g/mol. The van der Waals surface area contributed by atoms with E-state index in [1.165, 1.54) is 11.3 Å². The molecule has 0 aliphatic carbocycles. The van der Waals surface area contributed by atoms with Gasteiger partial charge in [-0.25, -0.2) is 0 Å². The molecule has 2 heteroatoms. The van der Waals surface area contributed by atoms with Crippen LogP contribution in [0.3, 0.4) is 0 Å². The van der Waals surface area contributed by atoms with Gasteiger partial charge in [-0.1, -0.05) is 32.0 Å². The number of hydrogen-bond donors (Lipinski definition) is 0. The lowest BCUT2D eigenvalue weighted by atomic mass is 9.87. The van der Waals surface area contributed by atoms with Gasteiger partial charge in [0.25, 0.3) is 0 Å². The molecule has 0 radical (unpaired) electrons. The molecule has 0 N–H and O–H groups in total. The molecular formula is C11H16IN. The minimum atomic E-state index is 0. The van der Waals surface area contributed by atoms with Gasteiger partial charge in [-0.15, -0.1) is 24.0 Å². The molecule has 1 aromatic carbocycles. The standard InChI is InChI=1S/C11H15N.HI/c1-11(2)8-12(3)10-7-5-4-6-9(10)11;/h4-7H,8H2,1-3H3;1H. The Morgan fingerprint density at radius 1 is 1.23 bits per heavy atom. The van der Waals surface area contributed by atoms with E-state index in [0.29, 0.717) is 5.41 Å². The summed E-state index contributed by atoms with van der Waals surface area (Å²) in [6, 6.07) is 8.67. The van der Waals surface area contributed by atoms with Crippen LogP contribution in [0.1, 0.15) is 19.4 Å². The van der Waals surface area contributed by atoms with E-state index in [2.05, 4.69) is 50.1 Å². The Kier molecular flexibility index (Phi) is 2.90. The number of para-hydroxylation sites is 1. The van der Waals surface area contributed by atoms with Crippen molar-refractivity contribution in [1.82, 2.24) is 0 Å². The molecule has 0 atom stereocenters. The Hall–Kier alpha value is -0.250. The lowest BCUT2D eigenvalue weighted by Gasteiger charge is -2.18. The first-order valence-electron chi connectivity index (χ1n) is 4.42. The van der Waals surface area contributed by atoms with E-state index >= 15 is 0 Å². The summed E-state index contributed by atoms with van der Waals surface area (Å²) >= 11 is 0. The van der Waals surface area contributed by atoms with Gasteiger partial charge in [0.1, 0.15) is 0 Å². The maximum atomic E-state index is 2.33. The van der Waals surface area contributed by atoms with Crippen molar-refractivity contribution in [2.24, 2.45) is 0 Å². The lowest BCUT2D eigenvalue weighted by molar-refractivity contribution is 0.563. The van der Waals surface area contributed by atoms with Gasteiger partial charge in [0.2, 0.25) is 0 Å². The number of fused-ring (bicyclic) bond motifs is 1. The first-order valence-corrected chi connectivity index (χ1v) is 4.42. The Morgan fingerprint density at radius 3 is 2.46 bits per heavy atom. The van der Waals surface area contributed by atoms with Gasteiger partial charge in [0.05, 0.1) is 0 Å². The topological polar surface area (TPSA) is 3.24 Å². The van der Waals surface area contributed by atoms with Crippen LogP contribution < -0.4 is 4.90 Å². The third-order valence-corrected chi connectivity index (χ3v) is 2.68. The second-order valence-electron chi connectivity index (χ2n) is 4.26. The van der Waals surface area contributed by atoms with E-state index in [-0.39, 0.29) is 24.0 Å². The molecule has 0 saturated heterocycles. The number of rotatable bonds is 0. The second-order valence-corrected chi connectivity index (χ2v) is 4.26. The van der Waals surface area contributed by atoms with Crippen LogP contribution in [0.5, 0.6) is 0 Å². The zero-order chi connectivity index (χ0) is 8.77. The van der Waals surface area contributed by atoms with E-state index in [0.717, 1.165) is 6.54 Å². The zero-order valence-electron chi connectivity index (χ0n) is 8.37. The summed E-state index contributed by atoms with van der Waals surface area (Å²) < 4.78 is 0. The number of halogens is 1. The lowest BCUT2D eigenvalue weighted by Crippen LogP contribution is -2.24. The summed E-state index contributed by atoms with van der Waals surface area (Å²) in [7, 11) is 2.16. The van der Waals surface area contributed by atoms with E-state index in [1.807, 2.05) is 0 Å². The highest BCUT2D eigenvalue weighted by molar-refractivity contribution is 14.0. The average Bonchev–Trinajstić information content (AvgIpc) is 2.25. The predicted octanol–water partition coefficient (Wildman–Crippen LogP) is 3.03. The molecule has 72 valence electrons. The smallest absolute Gasteiger partial charge is 0.0402 e. The Morgan fingerprint density at radius 2 is 1.85 bits per heavy atom. The summed E-state index contributed by atoms with van der Waals surface area (Å²) in [5.74, 6) is 0. The summed E-state index contributed by atoms with van der Waals surface area (Å²) in [5.41, 5.74) is 3.20. The molecule has 0 amide bonds. The quantitative estimate of drug-likeness (QED) is 0.664. The number of nitrogens with zero attached hydrogens (tertiary/aromatic N) is 1. The largest absolute Gasteiger partial charge is 0.373 e. The second kappa shape index (κ2) is 3.48. The highest BCUT2D eigenvalue weighted by atomic mass is 127. The normalized spacial score (nSPS) is 17.9. The van der Waals surface area contributed by atoms with Crippen molar-refractivity contribution in [2.75, 3.05) is 18.5 Å². The van der Waals surface area contributed by atoms with Crippen LogP contribution in [0.25, 0.3) is 0 Å². The van der Waals surface area contributed by atoms with Crippen LogP contribution in [0.2, 0.25) is 0 Å². The maximum Gasteiger partial charge on any atom is 0.0402 e. The van der Waals surface area contributed by atoms with E-state index in [4.69, 9.17) is 0 Å². The van der Waals surface area contributed by atoms with Crippen LogP contribution in [-0.2, 0) is 5.41 Å².